The monoisotopic (exact) mass is 470 g/mol. The Kier molecular flexibility index (Phi) is 12.8. The third kappa shape index (κ3) is 9.23. The van der Waals surface area contributed by atoms with Gasteiger partial charge in [-0.05, 0) is 44.1 Å². The molecule has 0 aromatic rings. The van der Waals surface area contributed by atoms with Gasteiger partial charge in [0.25, 0.3) is 5.91 Å². The molecule has 190 valence electrons. The molecule has 0 bridgehead atoms. The lowest BCUT2D eigenvalue weighted by Gasteiger charge is -2.38. The van der Waals surface area contributed by atoms with Gasteiger partial charge in [-0.1, -0.05) is 13.8 Å². The number of aliphatic hydroxyl groups is 1. The lowest BCUT2D eigenvalue weighted by molar-refractivity contribution is -0.177. The predicted molar refractivity (Wildman–Crippen MR) is 123 cm³/mol. The van der Waals surface area contributed by atoms with Crippen LogP contribution in [-0.2, 0) is 28.5 Å². The molecular formula is C24H42N2O7. The normalized spacial score (nSPS) is 23.1. The number of rotatable bonds is 16. The summed E-state index contributed by atoms with van der Waals surface area (Å²) >= 11 is 0. The molecule has 0 spiro atoms. The highest BCUT2D eigenvalue weighted by molar-refractivity contribution is 5.91. The van der Waals surface area contributed by atoms with E-state index in [0.29, 0.717) is 64.2 Å². The molecule has 9 heteroatoms. The maximum Gasteiger partial charge on any atom is 0.286 e. The lowest BCUT2D eigenvalue weighted by atomic mass is 9.79. The predicted octanol–water partition coefficient (Wildman–Crippen LogP) is 1.70. The zero-order chi connectivity index (χ0) is 24.1. The summed E-state index contributed by atoms with van der Waals surface area (Å²) in [4.78, 5) is 26.3. The van der Waals surface area contributed by atoms with Crippen molar-refractivity contribution in [2.75, 3.05) is 59.3 Å². The van der Waals surface area contributed by atoms with E-state index in [1.807, 2.05) is 17.9 Å². The molecule has 0 saturated carbocycles. The molecule has 0 unspecified atom stereocenters. The van der Waals surface area contributed by atoms with Gasteiger partial charge in [-0.3, -0.25) is 9.59 Å². The molecule has 2 rings (SSSR count). The van der Waals surface area contributed by atoms with E-state index in [1.165, 1.54) is 0 Å². The molecule has 2 aliphatic rings. The average Bonchev–Trinajstić information content (AvgIpc) is 3.21. The smallest absolute Gasteiger partial charge is 0.286 e. The molecule has 2 amide bonds. The summed E-state index contributed by atoms with van der Waals surface area (Å²) in [7, 11) is 0. The highest BCUT2D eigenvalue weighted by Gasteiger charge is 2.38. The number of ether oxygens (including phenoxy) is 4. The van der Waals surface area contributed by atoms with Crippen LogP contribution in [0.25, 0.3) is 0 Å². The Morgan fingerprint density at radius 1 is 1.27 bits per heavy atom. The number of amides is 2. The molecule has 2 N–H and O–H groups in total. The van der Waals surface area contributed by atoms with Crippen molar-refractivity contribution >= 4 is 11.8 Å². The maximum absolute atomic E-state index is 12.8. The highest BCUT2D eigenvalue weighted by atomic mass is 16.7. The van der Waals surface area contributed by atoms with Crippen molar-refractivity contribution in [3.05, 3.63) is 11.8 Å². The van der Waals surface area contributed by atoms with Gasteiger partial charge in [0, 0.05) is 45.2 Å². The van der Waals surface area contributed by atoms with Crippen LogP contribution in [0.5, 0.6) is 0 Å². The first kappa shape index (κ1) is 27.6. The number of carbonyl (C=O) groups is 2. The van der Waals surface area contributed by atoms with Crippen molar-refractivity contribution < 1.29 is 33.6 Å². The van der Waals surface area contributed by atoms with Gasteiger partial charge in [0.05, 0.1) is 26.4 Å². The third-order valence-electron chi connectivity index (χ3n) is 6.02. The second kappa shape index (κ2) is 15.3. The van der Waals surface area contributed by atoms with E-state index < -0.39 is 6.29 Å². The summed E-state index contributed by atoms with van der Waals surface area (Å²) in [6, 6.07) is 0. The number of likely N-dealkylation sites (tertiary alicyclic amines) is 1. The molecule has 0 radical (unpaired) electrons. The summed E-state index contributed by atoms with van der Waals surface area (Å²) in [5.74, 6) is 0.756. The maximum atomic E-state index is 12.8. The fraction of sp³-hybridized carbons (Fsp3) is 0.833. The summed E-state index contributed by atoms with van der Waals surface area (Å²) < 4.78 is 22.8. The Morgan fingerprint density at radius 3 is 2.67 bits per heavy atom. The summed E-state index contributed by atoms with van der Waals surface area (Å²) in [5.41, 5.74) is 0. The van der Waals surface area contributed by atoms with E-state index in [9.17, 15) is 9.59 Å². The zero-order valence-corrected chi connectivity index (χ0v) is 20.4. The van der Waals surface area contributed by atoms with E-state index >= 15 is 0 Å². The van der Waals surface area contributed by atoms with Crippen LogP contribution < -0.4 is 5.32 Å². The number of hydrogen-bond donors (Lipinski definition) is 2. The lowest BCUT2D eigenvalue weighted by Crippen LogP contribution is -2.42. The van der Waals surface area contributed by atoms with E-state index in [0.717, 1.165) is 25.8 Å². The first-order chi connectivity index (χ1) is 16.0. The van der Waals surface area contributed by atoms with Gasteiger partial charge in [0.2, 0.25) is 12.2 Å². The second-order valence-corrected chi connectivity index (χ2v) is 8.79. The van der Waals surface area contributed by atoms with Crippen LogP contribution in [0.2, 0.25) is 0 Å². The Morgan fingerprint density at radius 2 is 2.03 bits per heavy atom. The second-order valence-electron chi connectivity index (χ2n) is 8.79. The molecule has 1 saturated heterocycles. The van der Waals surface area contributed by atoms with Gasteiger partial charge >= 0.3 is 0 Å². The topological polar surface area (TPSA) is 107 Å². The number of nitrogens with zero attached hydrogens (tertiary/aromatic N) is 1. The SMILES string of the molecule is CCO[C@@H]1OC(C(=O)NCCCN2CCCC2=O)=C[C@H](C(C)C)[C@@H]1CCOCCOCCO. The molecule has 2 aliphatic heterocycles. The van der Waals surface area contributed by atoms with Gasteiger partial charge in [0.1, 0.15) is 0 Å². The van der Waals surface area contributed by atoms with Crippen molar-refractivity contribution in [1.82, 2.24) is 10.2 Å². The van der Waals surface area contributed by atoms with Gasteiger partial charge in [-0.25, -0.2) is 0 Å². The van der Waals surface area contributed by atoms with Crippen molar-refractivity contribution in [2.45, 2.75) is 52.7 Å². The minimum Gasteiger partial charge on any atom is -0.459 e. The molecule has 9 nitrogen and oxygen atoms in total. The molecule has 0 aliphatic carbocycles. The largest absolute Gasteiger partial charge is 0.459 e. The number of aliphatic hydroxyl groups excluding tert-OH is 1. The standard InChI is InChI=1S/C24H42N2O7/c1-4-32-24-19(8-13-30-15-16-31-14-12-27)20(18(2)3)17-21(33-24)23(29)25-9-6-11-26-10-5-7-22(26)28/h17-20,24,27H,4-16H2,1-3H3,(H,25,29)/t19-,20+,24+/m0/s1. The fourth-order valence-corrected chi connectivity index (χ4v) is 4.30. The molecular weight excluding hydrogens is 428 g/mol. The molecule has 0 aromatic carbocycles. The molecule has 3 atom stereocenters. The molecule has 2 heterocycles. The summed E-state index contributed by atoms with van der Waals surface area (Å²) in [6.07, 6.45) is 4.42. The van der Waals surface area contributed by atoms with Crippen molar-refractivity contribution in [2.24, 2.45) is 17.8 Å². The summed E-state index contributed by atoms with van der Waals surface area (Å²) in [6.45, 7) is 10.4. The van der Waals surface area contributed by atoms with Crippen molar-refractivity contribution in [3.63, 3.8) is 0 Å². The number of hydrogen-bond acceptors (Lipinski definition) is 7. The van der Waals surface area contributed by atoms with Gasteiger partial charge in [-0.2, -0.15) is 0 Å². The van der Waals surface area contributed by atoms with Crippen molar-refractivity contribution in [3.8, 4) is 0 Å². The Hall–Kier alpha value is -1.68. The van der Waals surface area contributed by atoms with Crippen LogP contribution >= 0.6 is 0 Å². The van der Waals surface area contributed by atoms with Crippen LogP contribution in [0, 0.1) is 17.8 Å². The Bertz CT molecular complexity index is 626. The molecule has 33 heavy (non-hydrogen) atoms. The minimum atomic E-state index is -0.510. The van der Waals surface area contributed by atoms with E-state index in [4.69, 9.17) is 24.1 Å². The number of allylic oxidation sites excluding steroid dienone is 1. The number of nitrogens with one attached hydrogen (secondary N) is 1. The van der Waals surface area contributed by atoms with Crippen molar-refractivity contribution in [1.29, 1.82) is 0 Å². The Labute approximate surface area is 197 Å². The van der Waals surface area contributed by atoms with E-state index in [1.54, 1.807) is 0 Å². The number of carbonyl (C=O) groups excluding carboxylic acids is 2. The average molecular weight is 471 g/mol. The van der Waals surface area contributed by atoms with Gasteiger partial charge < -0.3 is 34.3 Å². The fourth-order valence-electron chi connectivity index (χ4n) is 4.30. The van der Waals surface area contributed by atoms with Crippen LogP contribution in [0.4, 0.5) is 0 Å². The van der Waals surface area contributed by atoms with Gasteiger partial charge in [-0.15, -0.1) is 0 Å². The Balaban J connectivity index is 1.86. The highest BCUT2D eigenvalue weighted by Crippen LogP contribution is 2.36. The zero-order valence-electron chi connectivity index (χ0n) is 20.4. The van der Waals surface area contributed by atoms with E-state index in [-0.39, 0.29) is 30.3 Å². The van der Waals surface area contributed by atoms with E-state index in [2.05, 4.69) is 19.2 Å². The van der Waals surface area contributed by atoms with Crippen LogP contribution in [0.15, 0.2) is 11.8 Å². The van der Waals surface area contributed by atoms with Gasteiger partial charge in [0.15, 0.2) is 5.76 Å². The first-order valence-corrected chi connectivity index (χ1v) is 12.3. The summed E-state index contributed by atoms with van der Waals surface area (Å²) in [5, 5.41) is 11.7. The third-order valence-corrected chi connectivity index (χ3v) is 6.02. The molecule has 0 aromatic heterocycles. The van der Waals surface area contributed by atoms with Crippen LogP contribution in [0.3, 0.4) is 0 Å². The minimum absolute atomic E-state index is 0.00584. The van der Waals surface area contributed by atoms with Crippen LogP contribution in [-0.4, -0.2) is 87.4 Å². The first-order valence-electron chi connectivity index (χ1n) is 12.3. The molecule has 1 fully saturated rings. The quantitative estimate of drug-likeness (QED) is 0.331. The van der Waals surface area contributed by atoms with Crippen LogP contribution in [0.1, 0.15) is 46.5 Å².